The van der Waals surface area contributed by atoms with Crippen molar-refractivity contribution in [2.24, 2.45) is 11.7 Å². The Hall–Kier alpha value is 0.210. The average Bonchev–Trinajstić information content (AvgIpc) is 2.17. The molecule has 0 radical (unpaired) electrons. The maximum atomic E-state index is 5.78. The molecule has 2 rings (SSSR count). The Morgan fingerprint density at radius 3 is 2.62 bits per heavy atom. The fourth-order valence-corrected chi connectivity index (χ4v) is 2.85. The maximum absolute atomic E-state index is 5.78. The molecule has 2 aliphatic heterocycles. The molecule has 13 heavy (non-hydrogen) atoms. The third-order valence-electron chi connectivity index (χ3n) is 3.53. The lowest BCUT2D eigenvalue weighted by atomic mass is 9.84. The molecule has 2 aliphatic rings. The molecule has 0 spiro atoms. The van der Waals surface area contributed by atoms with Crippen LogP contribution in [0, 0.1) is 5.92 Å². The molecule has 0 amide bonds. The second kappa shape index (κ2) is 5.18. The molecule has 3 heteroatoms. The van der Waals surface area contributed by atoms with Crippen LogP contribution in [0.1, 0.15) is 32.1 Å². The molecule has 0 aromatic rings. The molecule has 2 N–H and O–H groups in total. The molecule has 2 saturated heterocycles. The van der Waals surface area contributed by atoms with Crippen LogP contribution in [0.2, 0.25) is 0 Å². The van der Waals surface area contributed by atoms with Gasteiger partial charge in [-0.15, -0.1) is 12.4 Å². The van der Waals surface area contributed by atoms with Crippen molar-refractivity contribution in [1.29, 1.82) is 0 Å². The predicted molar refractivity (Wildman–Crippen MR) is 58.2 cm³/mol. The van der Waals surface area contributed by atoms with Gasteiger partial charge < -0.3 is 10.6 Å². The van der Waals surface area contributed by atoms with Gasteiger partial charge in [-0.3, -0.25) is 0 Å². The number of rotatable bonds is 1. The SMILES string of the molecule is Cl.NCC1CCCN2CCCCC12. The van der Waals surface area contributed by atoms with Gasteiger partial charge in [0.15, 0.2) is 0 Å². The van der Waals surface area contributed by atoms with Crippen molar-refractivity contribution in [3.05, 3.63) is 0 Å². The molecular weight excluding hydrogens is 184 g/mol. The van der Waals surface area contributed by atoms with Crippen LogP contribution in [0.15, 0.2) is 0 Å². The maximum Gasteiger partial charge on any atom is 0.0136 e. The van der Waals surface area contributed by atoms with Crippen LogP contribution < -0.4 is 5.73 Å². The van der Waals surface area contributed by atoms with Gasteiger partial charge in [-0.2, -0.15) is 0 Å². The summed E-state index contributed by atoms with van der Waals surface area (Å²) in [7, 11) is 0. The quantitative estimate of drug-likeness (QED) is 0.704. The van der Waals surface area contributed by atoms with E-state index in [4.69, 9.17) is 5.73 Å². The van der Waals surface area contributed by atoms with Gasteiger partial charge in [-0.1, -0.05) is 6.42 Å². The minimum Gasteiger partial charge on any atom is -0.330 e. The number of halogens is 1. The van der Waals surface area contributed by atoms with E-state index in [1.807, 2.05) is 0 Å². The Kier molecular flexibility index (Phi) is 4.50. The van der Waals surface area contributed by atoms with Crippen molar-refractivity contribution in [3.8, 4) is 0 Å². The molecule has 0 aromatic carbocycles. The van der Waals surface area contributed by atoms with E-state index in [1.54, 1.807) is 0 Å². The summed E-state index contributed by atoms with van der Waals surface area (Å²) in [5.74, 6) is 0.805. The van der Waals surface area contributed by atoms with Gasteiger partial charge >= 0.3 is 0 Å². The number of hydrogen-bond acceptors (Lipinski definition) is 2. The van der Waals surface area contributed by atoms with Crippen LogP contribution in [0.5, 0.6) is 0 Å². The smallest absolute Gasteiger partial charge is 0.0136 e. The van der Waals surface area contributed by atoms with E-state index in [1.165, 1.54) is 45.2 Å². The van der Waals surface area contributed by atoms with Crippen LogP contribution in [0.25, 0.3) is 0 Å². The van der Waals surface area contributed by atoms with Crippen molar-refractivity contribution in [3.63, 3.8) is 0 Å². The van der Waals surface area contributed by atoms with Gasteiger partial charge in [0.1, 0.15) is 0 Å². The normalized spacial score (nSPS) is 34.8. The van der Waals surface area contributed by atoms with Gasteiger partial charge in [0, 0.05) is 6.04 Å². The highest BCUT2D eigenvalue weighted by Crippen LogP contribution is 2.29. The van der Waals surface area contributed by atoms with Crippen molar-refractivity contribution < 1.29 is 0 Å². The number of hydrogen-bond donors (Lipinski definition) is 1. The Morgan fingerprint density at radius 2 is 1.85 bits per heavy atom. The number of piperidine rings is 2. The zero-order chi connectivity index (χ0) is 8.39. The lowest BCUT2D eigenvalue weighted by Crippen LogP contribution is -2.49. The van der Waals surface area contributed by atoms with E-state index in [2.05, 4.69) is 4.90 Å². The number of fused-ring (bicyclic) bond motifs is 1. The van der Waals surface area contributed by atoms with Crippen molar-refractivity contribution in [2.75, 3.05) is 19.6 Å². The molecule has 2 nitrogen and oxygen atoms in total. The molecular formula is C10H21ClN2. The van der Waals surface area contributed by atoms with E-state index in [0.29, 0.717) is 0 Å². The standard InChI is InChI=1S/C10H20N2.ClH/c11-8-9-4-3-7-12-6-2-1-5-10(9)12;/h9-10H,1-8,11H2;1H. The number of nitrogens with zero attached hydrogens (tertiary/aromatic N) is 1. The first kappa shape index (κ1) is 11.3. The van der Waals surface area contributed by atoms with Gasteiger partial charge in [0.25, 0.3) is 0 Å². The molecule has 0 bridgehead atoms. The second-order valence-corrected chi connectivity index (χ2v) is 4.24. The summed E-state index contributed by atoms with van der Waals surface area (Å²) in [5, 5.41) is 0. The summed E-state index contributed by atoms with van der Waals surface area (Å²) < 4.78 is 0. The van der Waals surface area contributed by atoms with Crippen molar-refractivity contribution in [2.45, 2.75) is 38.1 Å². The summed E-state index contributed by atoms with van der Waals surface area (Å²) in [6, 6.07) is 0.845. The van der Waals surface area contributed by atoms with E-state index in [9.17, 15) is 0 Å². The molecule has 0 aliphatic carbocycles. The van der Waals surface area contributed by atoms with Crippen LogP contribution in [0.4, 0.5) is 0 Å². The zero-order valence-electron chi connectivity index (χ0n) is 8.24. The first-order chi connectivity index (χ1) is 5.92. The third kappa shape index (κ3) is 2.36. The molecule has 2 heterocycles. The first-order valence-electron chi connectivity index (χ1n) is 5.36. The minimum atomic E-state index is 0. The zero-order valence-corrected chi connectivity index (χ0v) is 9.06. The fourth-order valence-electron chi connectivity index (χ4n) is 2.85. The topological polar surface area (TPSA) is 29.3 Å². The highest BCUT2D eigenvalue weighted by atomic mass is 35.5. The van der Waals surface area contributed by atoms with E-state index in [-0.39, 0.29) is 12.4 Å². The van der Waals surface area contributed by atoms with Crippen molar-refractivity contribution in [1.82, 2.24) is 4.90 Å². The molecule has 0 saturated carbocycles. The van der Waals surface area contributed by atoms with E-state index < -0.39 is 0 Å². The van der Waals surface area contributed by atoms with Crippen molar-refractivity contribution >= 4 is 12.4 Å². The number of nitrogens with two attached hydrogens (primary N) is 1. The first-order valence-corrected chi connectivity index (χ1v) is 5.36. The third-order valence-corrected chi connectivity index (χ3v) is 3.53. The van der Waals surface area contributed by atoms with Crippen LogP contribution in [-0.4, -0.2) is 30.6 Å². The van der Waals surface area contributed by atoms with E-state index in [0.717, 1.165) is 18.5 Å². The largest absolute Gasteiger partial charge is 0.330 e. The molecule has 2 fully saturated rings. The Bertz CT molecular complexity index is 143. The lowest BCUT2D eigenvalue weighted by molar-refractivity contribution is 0.0632. The lowest BCUT2D eigenvalue weighted by Gasteiger charge is -2.44. The van der Waals surface area contributed by atoms with E-state index >= 15 is 0 Å². The molecule has 78 valence electrons. The Morgan fingerprint density at radius 1 is 1.08 bits per heavy atom. The highest BCUT2D eigenvalue weighted by molar-refractivity contribution is 5.85. The molecule has 0 aromatic heterocycles. The Balaban J connectivity index is 0.000000845. The van der Waals surface area contributed by atoms with Crippen LogP contribution in [-0.2, 0) is 0 Å². The fraction of sp³-hybridized carbons (Fsp3) is 1.00. The van der Waals surface area contributed by atoms with Gasteiger partial charge in [-0.05, 0) is 51.2 Å². The summed E-state index contributed by atoms with van der Waals surface area (Å²) in [5.41, 5.74) is 5.78. The Labute approximate surface area is 87.3 Å². The summed E-state index contributed by atoms with van der Waals surface area (Å²) in [6.45, 7) is 3.57. The highest BCUT2D eigenvalue weighted by Gasteiger charge is 2.31. The average molecular weight is 205 g/mol. The second-order valence-electron chi connectivity index (χ2n) is 4.24. The molecule has 2 unspecified atom stereocenters. The monoisotopic (exact) mass is 204 g/mol. The molecule has 2 atom stereocenters. The predicted octanol–water partition coefficient (Wildman–Crippen LogP) is 1.63. The van der Waals surface area contributed by atoms with Gasteiger partial charge in [-0.25, -0.2) is 0 Å². The van der Waals surface area contributed by atoms with Crippen LogP contribution in [0.3, 0.4) is 0 Å². The van der Waals surface area contributed by atoms with Gasteiger partial charge in [0.2, 0.25) is 0 Å². The van der Waals surface area contributed by atoms with Crippen LogP contribution >= 0.6 is 12.4 Å². The summed E-state index contributed by atoms with van der Waals surface area (Å²) in [4.78, 5) is 2.67. The summed E-state index contributed by atoms with van der Waals surface area (Å²) in [6.07, 6.45) is 6.99. The minimum absolute atomic E-state index is 0. The van der Waals surface area contributed by atoms with Gasteiger partial charge in [0.05, 0.1) is 0 Å². The summed E-state index contributed by atoms with van der Waals surface area (Å²) >= 11 is 0.